The lowest BCUT2D eigenvalue weighted by molar-refractivity contribution is 0.582. The second-order valence-corrected chi connectivity index (χ2v) is 5.04. The monoisotopic (exact) mass is 277 g/mol. The van der Waals surface area contributed by atoms with Crippen LogP contribution in [-0.4, -0.2) is 7.05 Å². The van der Waals surface area contributed by atoms with Crippen LogP contribution in [0.25, 0.3) is 0 Å². The van der Waals surface area contributed by atoms with Crippen molar-refractivity contribution in [3.05, 3.63) is 70.0 Å². The molecule has 0 aromatic heterocycles. The molecule has 19 heavy (non-hydrogen) atoms. The molecule has 0 saturated carbocycles. The van der Waals surface area contributed by atoms with E-state index >= 15 is 0 Å². The summed E-state index contributed by atoms with van der Waals surface area (Å²) in [5.41, 5.74) is 3.14. The molecule has 3 heteroatoms. The van der Waals surface area contributed by atoms with E-state index in [1.165, 1.54) is 6.07 Å². The summed E-state index contributed by atoms with van der Waals surface area (Å²) in [4.78, 5) is 0. The van der Waals surface area contributed by atoms with Gasteiger partial charge in [-0.15, -0.1) is 0 Å². The van der Waals surface area contributed by atoms with Crippen LogP contribution < -0.4 is 5.32 Å². The average Bonchev–Trinajstić information content (AvgIpc) is 2.39. The molecular formula is C16H17ClFN. The molecule has 1 atom stereocenters. The van der Waals surface area contributed by atoms with Crippen molar-refractivity contribution in [2.45, 2.75) is 19.4 Å². The van der Waals surface area contributed by atoms with Gasteiger partial charge in [0.1, 0.15) is 5.82 Å². The van der Waals surface area contributed by atoms with Gasteiger partial charge in [0, 0.05) is 11.1 Å². The van der Waals surface area contributed by atoms with E-state index in [2.05, 4.69) is 5.32 Å². The fourth-order valence-corrected chi connectivity index (χ4v) is 2.49. The number of likely N-dealkylation sites (N-methyl/N-ethyl adjacent to an activating group) is 1. The lowest BCUT2D eigenvalue weighted by Crippen LogP contribution is -2.20. The summed E-state index contributed by atoms with van der Waals surface area (Å²) < 4.78 is 13.2. The molecule has 0 heterocycles. The summed E-state index contributed by atoms with van der Waals surface area (Å²) in [7, 11) is 1.91. The lowest BCUT2D eigenvalue weighted by atomic mass is 9.95. The van der Waals surface area contributed by atoms with Crippen LogP contribution in [0.3, 0.4) is 0 Å². The van der Waals surface area contributed by atoms with Crippen molar-refractivity contribution in [1.82, 2.24) is 5.32 Å². The van der Waals surface area contributed by atoms with E-state index < -0.39 is 0 Å². The summed E-state index contributed by atoms with van der Waals surface area (Å²) in [6.07, 6.45) is 0.780. The Hall–Kier alpha value is -1.38. The fourth-order valence-electron chi connectivity index (χ4n) is 2.28. The van der Waals surface area contributed by atoms with Crippen molar-refractivity contribution in [1.29, 1.82) is 0 Å². The van der Waals surface area contributed by atoms with Crippen LogP contribution in [-0.2, 0) is 6.42 Å². The Labute approximate surface area is 118 Å². The zero-order valence-electron chi connectivity index (χ0n) is 11.1. The predicted octanol–water partition coefficient (Wildman–Crippen LogP) is 4.29. The number of nitrogens with one attached hydrogen (secondary N) is 1. The summed E-state index contributed by atoms with van der Waals surface area (Å²) >= 11 is 6.19. The number of aryl methyl sites for hydroxylation is 1. The zero-order valence-corrected chi connectivity index (χ0v) is 11.8. The summed E-state index contributed by atoms with van der Waals surface area (Å²) in [5.74, 6) is -0.200. The van der Waals surface area contributed by atoms with Crippen LogP contribution >= 0.6 is 11.6 Å². The molecule has 0 fully saturated rings. The first-order chi connectivity index (χ1) is 9.11. The predicted molar refractivity (Wildman–Crippen MR) is 78.1 cm³/mol. The van der Waals surface area contributed by atoms with Crippen LogP contribution in [0, 0.1) is 12.7 Å². The summed E-state index contributed by atoms with van der Waals surface area (Å²) in [5, 5.41) is 4.04. The van der Waals surface area contributed by atoms with E-state index in [4.69, 9.17) is 11.6 Å². The van der Waals surface area contributed by atoms with E-state index in [0.29, 0.717) is 0 Å². The largest absolute Gasteiger partial charge is 0.313 e. The maximum absolute atomic E-state index is 13.2. The average molecular weight is 278 g/mol. The molecule has 0 saturated heterocycles. The number of rotatable bonds is 4. The Kier molecular flexibility index (Phi) is 4.56. The van der Waals surface area contributed by atoms with E-state index in [9.17, 15) is 4.39 Å². The van der Waals surface area contributed by atoms with Gasteiger partial charge in [-0.3, -0.25) is 0 Å². The summed E-state index contributed by atoms with van der Waals surface area (Å²) in [6.45, 7) is 1.93. The third-order valence-corrected chi connectivity index (χ3v) is 3.71. The second kappa shape index (κ2) is 6.18. The minimum Gasteiger partial charge on any atom is -0.313 e. The first-order valence-corrected chi connectivity index (χ1v) is 6.66. The topological polar surface area (TPSA) is 12.0 Å². The van der Waals surface area contributed by atoms with E-state index in [1.54, 1.807) is 6.07 Å². The molecular weight excluding hydrogens is 261 g/mol. The molecule has 0 aliphatic rings. The molecule has 2 rings (SSSR count). The van der Waals surface area contributed by atoms with Gasteiger partial charge in [-0.05, 0) is 55.3 Å². The van der Waals surface area contributed by atoms with E-state index in [0.717, 1.165) is 28.1 Å². The number of halogens is 2. The zero-order chi connectivity index (χ0) is 13.8. The Morgan fingerprint density at radius 1 is 1.21 bits per heavy atom. The van der Waals surface area contributed by atoms with Crippen molar-refractivity contribution in [3.8, 4) is 0 Å². The Morgan fingerprint density at radius 3 is 2.58 bits per heavy atom. The Morgan fingerprint density at radius 2 is 1.95 bits per heavy atom. The van der Waals surface area contributed by atoms with Gasteiger partial charge in [0.2, 0.25) is 0 Å². The van der Waals surface area contributed by atoms with Crippen molar-refractivity contribution in [3.63, 3.8) is 0 Å². The van der Waals surface area contributed by atoms with Crippen LogP contribution in [0.5, 0.6) is 0 Å². The van der Waals surface area contributed by atoms with Crippen LogP contribution in [0.2, 0.25) is 5.02 Å². The van der Waals surface area contributed by atoms with Gasteiger partial charge in [0.05, 0.1) is 0 Å². The molecule has 0 amide bonds. The smallest absolute Gasteiger partial charge is 0.123 e. The first kappa shape index (κ1) is 14.0. The van der Waals surface area contributed by atoms with Gasteiger partial charge in [0.15, 0.2) is 0 Å². The molecule has 0 aliphatic carbocycles. The maximum atomic E-state index is 13.2. The van der Waals surface area contributed by atoms with E-state index in [1.807, 2.05) is 44.3 Å². The van der Waals surface area contributed by atoms with Crippen molar-refractivity contribution >= 4 is 11.6 Å². The molecule has 2 aromatic rings. The highest BCUT2D eigenvalue weighted by atomic mass is 35.5. The SMILES string of the molecule is CNC(Cc1ccccc1Cl)c1ccc(F)cc1C. The minimum absolute atomic E-state index is 0.125. The highest BCUT2D eigenvalue weighted by Gasteiger charge is 2.14. The lowest BCUT2D eigenvalue weighted by Gasteiger charge is -2.19. The van der Waals surface area contributed by atoms with E-state index in [-0.39, 0.29) is 11.9 Å². The van der Waals surface area contributed by atoms with Gasteiger partial charge < -0.3 is 5.32 Å². The molecule has 0 aliphatic heterocycles. The number of hydrogen-bond acceptors (Lipinski definition) is 1. The Balaban J connectivity index is 2.28. The minimum atomic E-state index is -0.200. The van der Waals surface area contributed by atoms with Gasteiger partial charge in [0.25, 0.3) is 0 Å². The van der Waals surface area contributed by atoms with Gasteiger partial charge in [-0.25, -0.2) is 4.39 Å². The molecule has 100 valence electrons. The van der Waals surface area contributed by atoms with Crippen LogP contribution in [0.4, 0.5) is 4.39 Å². The number of hydrogen-bond donors (Lipinski definition) is 1. The molecule has 1 unspecified atom stereocenters. The molecule has 2 aromatic carbocycles. The molecule has 1 N–H and O–H groups in total. The van der Waals surface area contributed by atoms with Crippen LogP contribution in [0.15, 0.2) is 42.5 Å². The molecule has 0 spiro atoms. The molecule has 1 nitrogen and oxygen atoms in total. The van der Waals surface area contributed by atoms with Gasteiger partial charge in [-0.2, -0.15) is 0 Å². The number of benzene rings is 2. The highest BCUT2D eigenvalue weighted by Crippen LogP contribution is 2.25. The fraction of sp³-hybridized carbons (Fsp3) is 0.250. The van der Waals surface area contributed by atoms with Crippen LogP contribution in [0.1, 0.15) is 22.7 Å². The molecule has 0 bridgehead atoms. The first-order valence-electron chi connectivity index (χ1n) is 6.28. The molecule has 0 radical (unpaired) electrons. The normalized spacial score (nSPS) is 12.4. The maximum Gasteiger partial charge on any atom is 0.123 e. The standard InChI is InChI=1S/C16H17ClFN/c1-11-9-13(18)7-8-14(11)16(19-2)10-12-5-3-4-6-15(12)17/h3-9,16,19H,10H2,1-2H3. The summed E-state index contributed by atoms with van der Waals surface area (Å²) in [6, 6.07) is 12.8. The quantitative estimate of drug-likeness (QED) is 0.879. The van der Waals surface area contributed by atoms with Gasteiger partial charge >= 0.3 is 0 Å². The van der Waals surface area contributed by atoms with Crippen molar-refractivity contribution in [2.24, 2.45) is 0 Å². The second-order valence-electron chi connectivity index (χ2n) is 4.64. The third-order valence-electron chi connectivity index (χ3n) is 3.34. The van der Waals surface area contributed by atoms with Crippen molar-refractivity contribution in [2.75, 3.05) is 7.05 Å². The van der Waals surface area contributed by atoms with Crippen molar-refractivity contribution < 1.29 is 4.39 Å². The van der Waals surface area contributed by atoms with Gasteiger partial charge in [-0.1, -0.05) is 35.9 Å². The highest BCUT2D eigenvalue weighted by molar-refractivity contribution is 6.31. The Bertz CT molecular complexity index is 568. The third kappa shape index (κ3) is 3.34.